The zero-order chi connectivity index (χ0) is 14.5. The number of hydrogen-bond donors (Lipinski definition) is 3. The topological polar surface area (TPSA) is 84.6 Å². The molecule has 0 spiro atoms. The summed E-state index contributed by atoms with van der Waals surface area (Å²) in [5.74, 6) is -1.03. The van der Waals surface area contributed by atoms with E-state index in [1.807, 2.05) is 24.3 Å². The molecule has 4 N–H and O–H groups in total. The van der Waals surface area contributed by atoms with Crippen molar-refractivity contribution in [2.75, 3.05) is 18.2 Å². The second kappa shape index (κ2) is 6.08. The number of methoxy groups -OCH3 is 1. The summed E-state index contributed by atoms with van der Waals surface area (Å²) in [6.07, 6.45) is 0. The minimum absolute atomic E-state index is 0.0979. The number of para-hydroxylation sites is 1. The van der Waals surface area contributed by atoms with Crippen LogP contribution in [0.3, 0.4) is 0 Å². The number of nitrogens with two attached hydrogens (primary N) is 1. The third-order valence-electron chi connectivity index (χ3n) is 2.88. The monoisotopic (exact) mass is 272 g/mol. The Hall–Kier alpha value is -2.53. The molecular weight excluding hydrogens is 256 g/mol. The Bertz CT molecular complexity index is 626. The van der Waals surface area contributed by atoms with E-state index in [2.05, 4.69) is 5.32 Å². The van der Waals surface area contributed by atoms with Gasteiger partial charge in [-0.1, -0.05) is 18.2 Å². The first-order valence-electron chi connectivity index (χ1n) is 6.08. The number of nitrogen functional groups attached to an aromatic ring is 1. The van der Waals surface area contributed by atoms with Crippen LogP contribution in [0.2, 0.25) is 0 Å². The normalized spacial score (nSPS) is 10.2. The van der Waals surface area contributed by atoms with E-state index in [0.29, 0.717) is 6.61 Å². The van der Waals surface area contributed by atoms with E-state index >= 15 is 0 Å². The van der Waals surface area contributed by atoms with Crippen molar-refractivity contribution in [1.29, 1.82) is 0 Å². The van der Waals surface area contributed by atoms with Crippen LogP contribution in [0, 0.1) is 0 Å². The molecule has 0 aliphatic heterocycles. The first kappa shape index (κ1) is 13.9. The van der Waals surface area contributed by atoms with Crippen molar-refractivity contribution in [2.24, 2.45) is 0 Å². The number of benzene rings is 2. The fraction of sp³-hybridized carbons (Fsp3) is 0.133. The van der Waals surface area contributed by atoms with Gasteiger partial charge in [-0.3, -0.25) is 0 Å². The number of nitrogens with one attached hydrogen (secondary N) is 1. The van der Waals surface area contributed by atoms with Crippen LogP contribution in [0.4, 0.5) is 17.1 Å². The third kappa shape index (κ3) is 3.07. The van der Waals surface area contributed by atoms with Gasteiger partial charge in [0.15, 0.2) is 0 Å². The molecular formula is C15H16N2O3. The van der Waals surface area contributed by atoms with Gasteiger partial charge in [-0.2, -0.15) is 0 Å². The highest BCUT2D eigenvalue weighted by atomic mass is 16.5. The minimum atomic E-state index is -1.03. The molecule has 2 aromatic carbocycles. The Balaban J connectivity index is 2.26. The summed E-state index contributed by atoms with van der Waals surface area (Å²) in [5, 5.41) is 12.2. The van der Waals surface area contributed by atoms with Crippen molar-refractivity contribution in [2.45, 2.75) is 6.61 Å². The number of carbonyl (C=O) groups is 1. The van der Waals surface area contributed by atoms with Gasteiger partial charge < -0.3 is 20.9 Å². The largest absolute Gasteiger partial charge is 0.478 e. The first-order valence-corrected chi connectivity index (χ1v) is 6.08. The molecule has 0 heterocycles. The van der Waals surface area contributed by atoms with Gasteiger partial charge >= 0.3 is 5.97 Å². The Morgan fingerprint density at radius 2 is 2.05 bits per heavy atom. The summed E-state index contributed by atoms with van der Waals surface area (Å²) < 4.78 is 5.14. The molecule has 0 aliphatic rings. The molecule has 0 saturated carbocycles. The molecule has 0 saturated heterocycles. The van der Waals surface area contributed by atoms with Gasteiger partial charge in [0, 0.05) is 29.7 Å². The maximum Gasteiger partial charge on any atom is 0.337 e. The molecule has 2 rings (SSSR count). The number of aromatic carboxylic acids is 1. The average molecular weight is 272 g/mol. The SMILES string of the molecule is COCc1ccccc1Nc1ccc(C(=O)O)c(N)c1. The number of carboxylic acids is 1. The summed E-state index contributed by atoms with van der Waals surface area (Å²) in [5.41, 5.74) is 8.70. The fourth-order valence-electron chi connectivity index (χ4n) is 1.91. The molecule has 0 amide bonds. The van der Waals surface area contributed by atoms with Crippen molar-refractivity contribution >= 4 is 23.0 Å². The zero-order valence-corrected chi connectivity index (χ0v) is 11.1. The third-order valence-corrected chi connectivity index (χ3v) is 2.88. The number of anilines is 3. The van der Waals surface area contributed by atoms with Crippen LogP contribution in [0.1, 0.15) is 15.9 Å². The van der Waals surface area contributed by atoms with E-state index in [0.717, 1.165) is 16.9 Å². The van der Waals surface area contributed by atoms with Crippen LogP contribution in [0.25, 0.3) is 0 Å². The van der Waals surface area contributed by atoms with Gasteiger partial charge in [-0.25, -0.2) is 4.79 Å². The molecule has 2 aromatic rings. The van der Waals surface area contributed by atoms with Gasteiger partial charge in [0.2, 0.25) is 0 Å². The van der Waals surface area contributed by atoms with E-state index in [9.17, 15) is 4.79 Å². The Kier molecular flexibility index (Phi) is 4.22. The molecule has 0 fully saturated rings. The van der Waals surface area contributed by atoms with Crippen molar-refractivity contribution in [3.63, 3.8) is 0 Å². The minimum Gasteiger partial charge on any atom is -0.478 e. The molecule has 20 heavy (non-hydrogen) atoms. The number of carboxylic acid groups (broad SMARTS) is 1. The molecule has 0 aliphatic carbocycles. The molecule has 0 bridgehead atoms. The second-order valence-electron chi connectivity index (χ2n) is 4.32. The van der Waals surface area contributed by atoms with E-state index in [-0.39, 0.29) is 11.3 Å². The van der Waals surface area contributed by atoms with Crippen LogP contribution in [-0.4, -0.2) is 18.2 Å². The molecule has 0 radical (unpaired) electrons. The maximum absolute atomic E-state index is 10.9. The van der Waals surface area contributed by atoms with Crippen molar-refractivity contribution in [1.82, 2.24) is 0 Å². The van der Waals surface area contributed by atoms with Gasteiger partial charge in [0.25, 0.3) is 0 Å². The number of ether oxygens (including phenoxy) is 1. The summed E-state index contributed by atoms with van der Waals surface area (Å²) in [7, 11) is 1.64. The lowest BCUT2D eigenvalue weighted by Crippen LogP contribution is -2.03. The molecule has 0 unspecified atom stereocenters. The molecule has 5 heteroatoms. The van der Waals surface area contributed by atoms with Crippen LogP contribution in [0.15, 0.2) is 42.5 Å². The molecule has 0 atom stereocenters. The number of hydrogen-bond acceptors (Lipinski definition) is 4. The first-order chi connectivity index (χ1) is 9.61. The van der Waals surface area contributed by atoms with Crippen molar-refractivity contribution in [3.05, 3.63) is 53.6 Å². The Labute approximate surface area is 117 Å². The quantitative estimate of drug-likeness (QED) is 0.729. The van der Waals surface area contributed by atoms with E-state index in [4.69, 9.17) is 15.6 Å². The second-order valence-corrected chi connectivity index (χ2v) is 4.32. The molecule has 104 valence electrons. The summed E-state index contributed by atoms with van der Waals surface area (Å²) in [6.45, 7) is 0.492. The predicted octanol–water partition coefficient (Wildman–Crippen LogP) is 2.86. The van der Waals surface area contributed by atoms with Crippen LogP contribution < -0.4 is 11.1 Å². The Morgan fingerprint density at radius 3 is 2.70 bits per heavy atom. The van der Waals surface area contributed by atoms with Gasteiger partial charge in [0.05, 0.1) is 12.2 Å². The highest BCUT2D eigenvalue weighted by Gasteiger charge is 2.08. The lowest BCUT2D eigenvalue weighted by Gasteiger charge is -2.12. The average Bonchev–Trinajstić information content (AvgIpc) is 2.41. The Morgan fingerprint density at radius 1 is 1.30 bits per heavy atom. The lowest BCUT2D eigenvalue weighted by atomic mass is 10.1. The van der Waals surface area contributed by atoms with E-state index in [1.54, 1.807) is 19.2 Å². The highest BCUT2D eigenvalue weighted by molar-refractivity contribution is 5.94. The van der Waals surface area contributed by atoms with E-state index in [1.165, 1.54) is 6.07 Å². The molecule has 0 aromatic heterocycles. The summed E-state index contributed by atoms with van der Waals surface area (Å²) in [6, 6.07) is 12.5. The van der Waals surface area contributed by atoms with E-state index < -0.39 is 5.97 Å². The summed E-state index contributed by atoms with van der Waals surface area (Å²) >= 11 is 0. The summed E-state index contributed by atoms with van der Waals surface area (Å²) in [4.78, 5) is 10.9. The lowest BCUT2D eigenvalue weighted by molar-refractivity contribution is 0.0698. The van der Waals surface area contributed by atoms with Gasteiger partial charge in [-0.05, 0) is 24.3 Å². The highest BCUT2D eigenvalue weighted by Crippen LogP contribution is 2.24. The van der Waals surface area contributed by atoms with Crippen molar-refractivity contribution < 1.29 is 14.6 Å². The zero-order valence-electron chi connectivity index (χ0n) is 11.1. The van der Waals surface area contributed by atoms with Crippen LogP contribution in [-0.2, 0) is 11.3 Å². The van der Waals surface area contributed by atoms with Crippen LogP contribution in [0.5, 0.6) is 0 Å². The standard InChI is InChI=1S/C15H16N2O3/c1-20-9-10-4-2-3-5-14(10)17-11-6-7-12(15(18)19)13(16)8-11/h2-8,17H,9,16H2,1H3,(H,18,19). The maximum atomic E-state index is 10.9. The predicted molar refractivity (Wildman–Crippen MR) is 78.3 cm³/mol. The van der Waals surface area contributed by atoms with Gasteiger partial charge in [-0.15, -0.1) is 0 Å². The van der Waals surface area contributed by atoms with Crippen LogP contribution >= 0.6 is 0 Å². The smallest absolute Gasteiger partial charge is 0.337 e. The number of rotatable bonds is 5. The fourth-order valence-corrected chi connectivity index (χ4v) is 1.91. The molecule has 5 nitrogen and oxygen atoms in total. The van der Waals surface area contributed by atoms with Gasteiger partial charge in [0.1, 0.15) is 0 Å². The van der Waals surface area contributed by atoms with Crippen molar-refractivity contribution in [3.8, 4) is 0 Å².